The first-order chi connectivity index (χ1) is 7.34. The van der Waals surface area contributed by atoms with Crippen molar-refractivity contribution in [3.05, 3.63) is 30.1 Å². The topological polar surface area (TPSA) is 81.2 Å². The van der Waals surface area contributed by atoms with Gasteiger partial charge >= 0.3 is 0 Å². The Morgan fingerprint density at radius 3 is 2.38 bits per heavy atom. The lowest BCUT2D eigenvalue weighted by molar-refractivity contribution is -0.115. The number of hydrogen-bond donors (Lipinski definition) is 0. The van der Waals surface area contributed by atoms with Crippen molar-refractivity contribution < 1.29 is 18.0 Å². The molecule has 0 N–H and O–H groups in total. The van der Waals surface area contributed by atoms with Gasteiger partial charge in [0.05, 0.1) is 0 Å². The van der Waals surface area contributed by atoms with Crippen molar-refractivity contribution in [3.63, 3.8) is 0 Å². The number of carbonyl (C=O) groups excluding carboxylic acids is 2. The normalized spacial score (nSPS) is 13.1. The molecule has 0 saturated heterocycles. The van der Waals surface area contributed by atoms with Crippen LogP contribution in [0.4, 0.5) is 0 Å². The third kappa shape index (κ3) is 2.73. The Kier molecular flexibility index (Phi) is 3.54. The predicted molar refractivity (Wildman–Crippen MR) is 57.9 cm³/mol. The average Bonchev–Trinajstić information content (AvgIpc) is 2.16. The summed E-state index contributed by atoms with van der Waals surface area (Å²) in [7, 11) is -3.74. The first kappa shape index (κ1) is 12.5. The van der Waals surface area contributed by atoms with Gasteiger partial charge in [0.1, 0.15) is 0 Å². The summed E-state index contributed by atoms with van der Waals surface area (Å²) in [6.45, 7) is 1.08. The Morgan fingerprint density at radius 2 is 2.00 bits per heavy atom. The fourth-order valence-electron chi connectivity index (χ4n) is 1.34. The molecule has 0 aliphatic rings. The van der Waals surface area contributed by atoms with E-state index in [2.05, 4.69) is 4.98 Å². The molecule has 1 heterocycles. The second kappa shape index (κ2) is 4.52. The second-order valence-electron chi connectivity index (χ2n) is 3.43. The van der Waals surface area contributed by atoms with Gasteiger partial charge in [-0.05, 0) is 19.1 Å². The van der Waals surface area contributed by atoms with Crippen LogP contribution in [-0.4, -0.2) is 36.5 Å². The molecule has 16 heavy (non-hydrogen) atoms. The van der Waals surface area contributed by atoms with E-state index in [1.165, 1.54) is 24.5 Å². The van der Waals surface area contributed by atoms with Crippen LogP contribution in [0.2, 0.25) is 0 Å². The Bertz CT molecular complexity index is 507. The summed E-state index contributed by atoms with van der Waals surface area (Å²) in [5, 5.41) is -1.63. The molecule has 0 radical (unpaired) electrons. The van der Waals surface area contributed by atoms with E-state index in [1.54, 1.807) is 0 Å². The SMILES string of the molecule is CC(=O)C(C(=O)c1cccnc1)S(C)(=O)=O. The van der Waals surface area contributed by atoms with E-state index in [0.29, 0.717) is 0 Å². The summed E-state index contributed by atoms with van der Waals surface area (Å²) in [4.78, 5) is 26.7. The van der Waals surface area contributed by atoms with Crippen molar-refractivity contribution in [2.24, 2.45) is 0 Å². The van der Waals surface area contributed by atoms with Crippen molar-refractivity contribution in [1.29, 1.82) is 0 Å². The van der Waals surface area contributed by atoms with Gasteiger partial charge in [0.25, 0.3) is 0 Å². The van der Waals surface area contributed by atoms with E-state index >= 15 is 0 Å². The summed E-state index contributed by atoms with van der Waals surface area (Å²) in [6, 6.07) is 2.93. The number of rotatable bonds is 4. The maximum atomic E-state index is 11.8. The molecule has 0 amide bonds. The summed E-state index contributed by atoms with van der Waals surface area (Å²) >= 11 is 0. The minimum absolute atomic E-state index is 0.119. The molecule has 5 nitrogen and oxygen atoms in total. The van der Waals surface area contributed by atoms with Gasteiger partial charge in [-0.3, -0.25) is 14.6 Å². The molecular formula is C10H11NO4S. The lowest BCUT2D eigenvalue weighted by Crippen LogP contribution is -2.36. The third-order valence-corrected chi connectivity index (χ3v) is 3.38. The lowest BCUT2D eigenvalue weighted by Gasteiger charge is -2.09. The fourth-order valence-corrected chi connectivity index (χ4v) is 2.47. The van der Waals surface area contributed by atoms with Gasteiger partial charge in [0, 0.05) is 24.2 Å². The zero-order valence-electron chi connectivity index (χ0n) is 8.88. The molecule has 0 bridgehead atoms. The highest BCUT2D eigenvalue weighted by Crippen LogP contribution is 2.09. The number of carbonyl (C=O) groups is 2. The molecule has 0 aromatic carbocycles. The van der Waals surface area contributed by atoms with Gasteiger partial charge in [-0.15, -0.1) is 0 Å². The molecule has 0 aliphatic carbocycles. The first-order valence-corrected chi connectivity index (χ1v) is 6.43. The van der Waals surface area contributed by atoms with Gasteiger partial charge < -0.3 is 0 Å². The maximum Gasteiger partial charge on any atom is 0.190 e. The Hall–Kier alpha value is -1.56. The van der Waals surface area contributed by atoms with Crippen LogP contribution in [0.15, 0.2) is 24.5 Å². The van der Waals surface area contributed by atoms with Gasteiger partial charge in [-0.1, -0.05) is 0 Å². The smallest absolute Gasteiger partial charge is 0.190 e. The van der Waals surface area contributed by atoms with E-state index < -0.39 is 26.7 Å². The number of hydrogen-bond acceptors (Lipinski definition) is 5. The summed E-state index contributed by atoms with van der Waals surface area (Å²) < 4.78 is 22.7. The zero-order valence-corrected chi connectivity index (χ0v) is 9.69. The fraction of sp³-hybridized carbons (Fsp3) is 0.300. The van der Waals surface area contributed by atoms with Crippen LogP contribution in [0.1, 0.15) is 17.3 Å². The molecule has 6 heteroatoms. The standard InChI is InChI=1S/C10H11NO4S/c1-7(12)10(16(2,14)15)9(13)8-4-3-5-11-6-8/h3-6,10H,1-2H3. The molecule has 1 unspecified atom stereocenters. The zero-order chi connectivity index (χ0) is 12.3. The quantitative estimate of drug-likeness (QED) is 0.558. The molecule has 0 saturated carbocycles. The number of Topliss-reactive ketones (excluding diaryl/α,β-unsaturated/α-hetero) is 2. The molecule has 0 spiro atoms. The van der Waals surface area contributed by atoms with Crippen molar-refractivity contribution in [1.82, 2.24) is 4.98 Å². The highest BCUT2D eigenvalue weighted by molar-refractivity contribution is 7.92. The molecular weight excluding hydrogens is 230 g/mol. The molecule has 0 fully saturated rings. The molecule has 1 aromatic heterocycles. The van der Waals surface area contributed by atoms with Crippen LogP contribution >= 0.6 is 0 Å². The van der Waals surface area contributed by atoms with Crippen molar-refractivity contribution in [2.75, 3.05) is 6.26 Å². The van der Waals surface area contributed by atoms with E-state index in [9.17, 15) is 18.0 Å². The maximum absolute atomic E-state index is 11.8. The number of aromatic nitrogens is 1. The third-order valence-electron chi connectivity index (χ3n) is 1.98. The van der Waals surface area contributed by atoms with E-state index in [-0.39, 0.29) is 5.56 Å². The largest absolute Gasteiger partial charge is 0.298 e. The van der Waals surface area contributed by atoms with Crippen LogP contribution in [0.3, 0.4) is 0 Å². The van der Waals surface area contributed by atoms with E-state index in [1.807, 2.05) is 0 Å². The molecule has 1 rings (SSSR count). The second-order valence-corrected chi connectivity index (χ2v) is 5.56. The van der Waals surface area contributed by atoms with E-state index in [4.69, 9.17) is 0 Å². The Balaban J connectivity index is 3.18. The number of sulfone groups is 1. The van der Waals surface area contributed by atoms with Crippen molar-refractivity contribution >= 4 is 21.4 Å². The van der Waals surface area contributed by atoms with Gasteiger partial charge in [-0.2, -0.15) is 0 Å². The summed E-state index contributed by atoms with van der Waals surface area (Å²) in [6.07, 6.45) is 3.57. The lowest BCUT2D eigenvalue weighted by atomic mass is 10.1. The predicted octanol–water partition coefficient (Wildman–Crippen LogP) is 0.266. The van der Waals surface area contributed by atoms with Crippen LogP contribution < -0.4 is 0 Å². The van der Waals surface area contributed by atoms with Crippen LogP contribution in [0.5, 0.6) is 0 Å². The molecule has 0 aliphatic heterocycles. The number of pyridine rings is 1. The van der Waals surface area contributed by atoms with Crippen molar-refractivity contribution in [3.8, 4) is 0 Å². The highest BCUT2D eigenvalue weighted by Gasteiger charge is 2.33. The minimum atomic E-state index is -3.74. The van der Waals surface area contributed by atoms with Gasteiger partial charge in [0.15, 0.2) is 26.7 Å². The Morgan fingerprint density at radius 1 is 1.38 bits per heavy atom. The van der Waals surface area contributed by atoms with Crippen molar-refractivity contribution in [2.45, 2.75) is 12.2 Å². The Labute approximate surface area is 93.4 Å². The molecule has 86 valence electrons. The summed E-state index contributed by atoms with van der Waals surface area (Å²) in [5.74, 6) is -1.42. The van der Waals surface area contributed by atoms with E-state index in [0.717, 1.165) is 13.2 Å². The summed E-state index contributed by atoms with van der Waals surface area (Å²) in [5.41, 5.74) is 0.119. The number of nitrogens with zero attached hydrogens (tertiary/aromatic N) is 1. The van der Waals surface area contributed by atoms with Gasteiger partial charge in [-0.25, -0.2) is 8.42 Å². The van der Waals surface area contributed by atoms with Crippen LogP contribution in [-0.2, 0) is 14.6 Å². The first-order valence-electron chi connectivity index (χ1n) is 4.47. The minimum Gasteiger partial charge on any atom is -0.298 e. The number of ketones is 2. The highest BCUT2D eigenvalue weighted by atomic mass is 32.2. The monoisotopic (exact) mass is 241 g/mol. The van der Waals surface area contributed by atoms with Gasteiger partial charge in [0.2, 0.25) is 0 Å². The van der Waals surface area contributed by atoms with Crippen LogP contribution in [0, 0.1) is 0 Å². The molecule has 1 atom stereocenters. The van der Waals surface area contributed by atoms with Crippen LogP contribution in [0.25, 0.3) is 0 Å². The average molecular weight is 241 g/mol. The molecule has 1 aromatic rings.